The lowest BCUT2D eigenvalue weighted by molar-refractivity contribution is -0.126. The van der Waals surface area contributed by atoms with Gasteiger partial charge in [-0.3, -0.25) is 9.59 Å². The molecule has 2 amide bonds. The number of aromatic hydroxyl groups is 1. The van der Waals surface area contributed by atoms with Crippen LogP contribution in [0.1, 0.15) is 12.0 Å². The fourth-order valence-corrected chi connectivity index (χ4v) is 1.87. The Labute approximate surface area is 139 Å². The number of nitrogens with one attached hydrogen (secondary N) is 2. The Hall–Kier alpha value is -3.35. The number of nitrogens with zero attached hydrogens (tertiary/aromatic N) is 1. The minimum atomic E-state index is -0.537. The Bertz CT molecular complexity index is 745. The number of para-hydroxylation sites is 1. The molecule has 0 fully saturated rings. The maximum absolute atomic E-state index is 11.7. The van der Waals surface area contributed by atoms with Crippen LogP contribution in [0.15, 0.2) is 53.6 Å². The molecule has 2 aromatic rings. The van der Waals surface area contributed by atoms with Crippen LogP contribution in [-0.2, 0) is 9.59 Å². The van der Waals surface area contributed by atoms with E-state index in [-0.39, 0.29) is 12.2 Å². The summed E-state index contributed by atoms with van der Waals surface area (Å²) in [5.41, 5.74) is 3.51. The van der Waals surface area contributed by atoms with E-state index in [1.54, 1.807) is 36.4 Å². The van der Waals surface area contributed by atoms with Crippen LogP contribution in [0.2, 0.25) is 0 Å². The van der Waals surface area contributed by atoms with Gasteiger partial charge in [0.25, 0.3) is 0 Å². The van der Waals surface area contributed by atoms with E-state index in [2.05, 4.69) is 15.8 Å². The van der Waals surface area contributed by atoms with Crippen molar-refractivity contribution < 1.29 is 19.4 Å². The summed E-state index contributed by atoms with van der Waals surface area (Å²) in [6.07, 6.45) is 1.04. The Kier molecular flexibility index (Phi) is 5.90. The highest BCUT2D eigenvalue weighted by molar-refractivity contribution is 6.03. The lowest BCUT2D eigenvalue weighted by Gasteiger charge is -2.04. The van der Waals surface area contributed by atoms with Gasteiger partial charge < -0.3 is 15.2 Å². The maximum Gasteiger partial charge on any atom is 0.249 e. The van der Waals surface area contributed by atoms with Gasteiger partial charge in [-0.1, -0.05) is 18.2 Å². The number of hydrogen-bond donors (Lipinski definition) is 3. The second-order valence-electron chi connectivity index (χ2n) is 4.82. The van der Waals surface area contributed by atoms with Gasteiger partial charge in [-0.25, -0.2) is 5.43 Å². The van der Waals surface area contributed by atoms with Gasteiger partial charge in [-0.15, -0.1) is 0 Å². The number of phenolic OH excluding ortho intramolecular Hbond substituents is 1. The van der Waals surface area contributed by atoms with Gasteiger partial charge >= 0.3 is 0 Å². The summed E-state index contributed by atoms with van der Waals surface area (Å²) >= 11 is 0. The first-order chi connectivity index (χ1) is 11.6. The summed E-state index contributed by atoms with van der Waals surface area (Å²) < 4.78 is 4.97. The van der Waals surface area contributed by atoms with Crippen molar-refractivity contribution in [1.29, 1.82) is 0 Å². The fraction of sp³-hybridized carbons (Fsp3) is 0.118. The largest absolute Gasteiger partial charge is 0.504 e. The van der Waals surface area contributed by atoms with E-state index in [1.165, 1.54) is 19.4 Å². The van der Waals surface area contributed by atoms with Gasteiger partial charge in [-0.2, -0.15) is 5.10 Å². The summed E-state index contributed by atoms with van der Waals surface area (Å²) in [5.74, 6) is -0.658. The molecule has 0 unspecified atom stereocenters. The Balaban J connectivity index is 1.83. The van der Waals surface area contributed by atoms with Gasteiger partial charge in [0.2, 0.25) is 11.8 Å². The standard InChI is InChI=1S/C17H17N3O4/c1-24-15-9-12(7-8-14(15)21)11-18-20-17(23)10-16(22)19-13-5-3-2-4-6-13/h2-9,11,21H,10H2,1H3,(H,19,22)(H,20,23). The fourth-order valence-electron chi connectivity index (χ4n) is 1.87. The van der Waals surface area contributed by atoms with Crippen molar-refractivity contribution in [1.82, 2.24) is 5.43 Å². The average molecular weight is 327 g/mol. The molecule has 0 heterocycles. The average Bonchev–Trinajstić information content (AvgIpc) is 2.57. The van der Waals surface area contributed by atoms with E-state index in [1.807, 2.05) is 6.07 Å². The Morgan fingerprint density at radius 1 is 1.17 bits per heavy atom. The third-order valence-corrected chi connectivity index (χ3v) is 2.99. The number of methoxy groups -OCH3 is 1. The van der Waals surface area contributed by atoms with Crippen molar-refractivity contribution in [3.05, 3.63) is 54.1 Å². The van der Waals surface area contributed by atoms with Crippen molar-refractivity contribution in [2.45, 2.75) is 6.42 Å². The smallest absolute Gasteiger partial charge is 0.249 e. The van der Waals surface area contributed by atoms with Crippen LogP contribution in [0.4, 0.5) is 5.69 Å². The SMILES string of the molecule is COc1cc(C=NNC(=O)CC(=O)Nc2ccccc2)ccc1O. The topological polar surface area (TPSA) is 100 Å². The Morgan fingerprint density at radius 3 is 2.62 bits per heavy atom. The summed E-state index contributed by atoms with van der Waals surface area (Å²) in [6, 6.07) is 13.5. The molecule has 0 bridgehead atoms. The first kappa shape index (κ1) is 17.0. The minimum absolute atomic E-state index is 0.0104. The molecule has 24 heavy (non-hydrogen) atoms. The molecule has 7 heteroatoms. The molecule has 3 N–H and O–H groups in total. The third kappa shape index (κ3) is 5.13. The normalized spacial score (nSPS) is 10.4. The number of hydrazone groups is 1. The van der Waals surface area contributed by atoms with Gasteiger partial charge in [0.15, 0.2) is 11.5 Å². The number of amides is 2. The van der Waals surface area contributed by atoms with Gasteiger partial charge in [0, 0.05) is 5.69 Å². The molecule has 0 atom stereocenters. The molecule has 2 rings (SSSR count). The first-order valence-corrected chi connectivity index (χ1v) is 7.12. The van der Waals surface area contributed by atoms with Crippen molar-refractivity contribution in [3.8, 4) is 11.5 Å². The van der Waals surface area contributed by atoms with Crippen LogP contribution in [0, 0.1) is 0 Å². The second kappa shape index (κ2) is 8.33. The van der Waals surface area contributed by atoms with E-state index in [4.69, 9.17) is 4.74 Å². The predicted octanol–water partition coefficient (Wildman–Crippen LogP) is 1.88. The van der Waals surface area contributed by atoms with Crippen molar-refractivity contribution in [2.24, 2.45) is 5.10 Å². The predicted molar refractivity (Wildman–Crippen MR) is 90.1 cm³/mol. The van der Waals surface area contributed by atoms with Crippen LogP contribution >= 0.6 is 0 Å². The number of carbonyl (C=O) groups is 2. The number of carbonyl (C=O) groups excluding carboxylic acids is 2. The zero-order valence-electron chi connectivity index (χ0n) is 13.0. The molecule has 0 saturated carbocycles. The monoisotopic (exact) mass is 327 g/mol. The number of phenols is 1. The molecule has 0 saturated heterocycles. The highest BCUT2D eigenvalue weighted by Gasteiger charge is 2.08. The molecule has 0 aliphatic rings. The molecule has 124 valence electrons. The second-order valence-corrected chi connectivity index (χ2v) is 4.82. The molecule has 0 aliphatic heterocycles. The van der Waals surface area contributed by atoms with Crippen LogP contribution in [0.5, 0.6) is 11.5 Å². The van der Waals surface area contributed by atoms with Crippen molar-refractivity contribution in [3.63, 3.8) is 0 Å². The quantitative estimate of drug-likeness (QED) is 0.428. The van der Waals surface area contributed by atoms with Crippen LogP contribution in [-0.4, -0.2) is 30.2 Å². The lowest BCUT2D eigenvalue weighted by Crippen LogP contribution is -2.24. The molecule has 0 spiro atoms. The summed E-state index contributed by atoms with van der Waals surface area (Å²) in [6.45, 7) is 0. The van der Waals surface area contributed by atoms with Crippen LogP contribution < -0.4 is 15.5 Å². The number of rotatable bonds is 6. The first-order valence-electron chi connectivity index (χ1n) is 7.12. The number of ether oxygens (including phenoxy) is 1. The van der Waals surface area contributed by atoms with Gasteiger partial charge in [0.1, 0.15) is 6.42 Å². The van der Waals surface area contributed by atoms with E-state index < -0.39 is 11.8 Å². The van der Waals surface area contributed by atoms with E-state index in [0.717, 1.165) is 0 Å². The van der Waals surface area contributed by atoms with Crippen LogP contribution in [0.3, 0.4) is 0 Å². The molecular formula is C17H17N3O4. The number of anilines is 1. The third-order valence-electron chi connectivity index (χ3n) is 2.99. The molecule has 0 aliphatic carbocycles. The molecular weight excluding hydrogens is 310 g/mol. The number of hydrogen-bond acceptors (Lipinski definition) is 5. The number of benzene rings is 2. The van der Waals surface area contributed by atoms with E-state index >= 15 is 0 Å². The zero-order valence-corrected chi connectivity index (χ0v) is 13.0. The van der Waals surface area contributed by atoms with E-state index in [0.29, 0.717) is 17.0 Å². The molecule has 2 aromatic carbocycles. The maximum atomic E-state index is 11.7. The van der Waals surface area contributed by atoms with Crippen molar-refractivity contribution in [2.75, 3.05) is 12.4 Å². The van der Waals surface area contributed by atoms with Gasteiger partial charge in [0.05, 0.1) is 13.3 Å². The van der Waals surface area contributed by atoms with Crippen molar-refractivity contribution >= 4 is 23.7 Å². The molecule has 0 aromatic heterocycles. The highest BCUT2D eigenvalue weighted by atomic mass is 16.5. The summed E-state index contributed by atoms with van der Waals surface area (Å²) in [5, 5.41) is 15.9. The Morgan fingerprint density at radius 2 is 1.92 bits per heavy atom. The summed E-state index contributed by atoms with van der Waals surface area (Å²) in [4.78, 5) is 23.4. The minimum Gasteiger partial charge on any atom is -0.504 e. The van der Waals surface area contributed by atoms with Crippen LogP contribution in [0.25, 0.3) is 0 Å². The van der Waals surface area contributed by atoms with Gasteiger partial charge in [-0.05, 0) is 35.9 Å². The van der Waals surface area contributed by atoms with E-state index in [9.17, 15) is 14.7 Å². The molecule has 7 nitrogen and oxygen atoms in total. The lowest BCUT2D eigenvalue weighted by atomic mass is 10.2. The molecule has 0 radical (unpaired) electrons. The summed E-state index contributed by atoms with van der Waals surface area (Å²) in [7, 11) is 1.43. The highest BCUT2D eigenvalue weighted by Crippen LogP contribution is 2.25. The zero-order chi connectivity index (χ0) is 17.4.